The van der Waals surface area contributed by atoms with Crippen molar-refractivity contribution in [3.8, 4) is 5.75 Å². The van der Waals surface area contributed by atoms with Crippen molar-refractivity contribution in [3.05, 3.63) is 63.2 Å². The maximum absolute atomic E-state index is 13.2. The largest absolute Gasteiger partial charge is 0.496 e. The summed E-state index contributed by atoms with van der Waals surface area (Å²) in [5, 5.41) is 14.3. The van der Waals surface area contributed by atoms with Gasteiger partial charge in [0.05, 0.1) is 29.3 Å². The van der Waals surface area contributed by atoms with Gasteiger partial charge in [-0.05, 0) is 45.2 Å². The van der Waals surface area contributed by atoms with Gasteiger partial charge in [0, 0.05) is 30.8 Å². The number of nitro groups is 1. The number of ether oxygens (including phenoxy) is 1. The Morgan fingerprint density at radius 1 is 1.17 bits per heavy atom. The van der Waals surface area contributed by atoms with Crippen LogP contribution in [0.5, 0.6) is 5.75 Å². The molecule has 7 nitrogen and oxygen atoms in total. The van der Waals surface area contributed by atoms with E-state index in [1.165, 1.54) is 12.1 Å². The molecule has 2 aromatic rings. The van der Waals surface area contributed by atoms with Crippen LogP contribution < -0.4 is 15.0 Å². The van der Waals surface area contributed by atoms with Gasteiger partial charge in [-0.2, -0.15) is 0 Å². The maximum Gasteiger partial charge on any atom is 0.270 e. The number of carbonyl (C=O) groups excluding carboxylic acids is 1. The number of benzene rings is 2. The zero-order chi connectivity index (χ0) is 21.0. The van der Waals surface area contributed by atoms with Gasteiger partial charge in [-0.3, -0.25) is 14.9 Å². The molecule has 1 N–H and O–H groups in total. The molecular weight excluding hydrogens is 370 g/mol. The normalized spacial score (nSPS) is 14.9. The van der Waals surface area contributed by atoms with E-state index in [2.05, 4.69) is 10.2 Å². The number of nitro benzene ring substituents is 1. The number of anilines is 1. The number of hydrogen-bond donors (Lipinski definition) is 1. The number of nitrogens with zero attached hydrogens (tertiary/aromatic N) is 2. The minimum Gasteiger partial charge on any atom is -0.496 e. The first-order valence-electron chi connectivity index (χ1n) is 9.89. The highest BCUT2D eigenvalue weighted by atomic mass is 16.6. The second-order valence-corrected chi connectivity index (χ2v) is 7.45. The number of carbonyl (C=O) groups is 1. The van der Waals surface area contributed by atoms with Gasteiger partial charge in [-0.25, -0.2) is 0 Å². The summed E-state index contributed by atoms with van der Waals surface area (Å²) in [5.74, 6) is 0.365. The van der Waals surface area contributed by atoms with Crippen molar-refractivity contribution in [3.63, 3.8) is 0 Å². The number of methoxy groups -OCH3 is 1. The molecular formula is C22H27N3O4. The van der Waals surface area contributed by atoms with Crippen LogP contribution in [0.1, 0.15) is 53.7 Å². The van der Waals surface area contributed by atoms with Crippen molar-refractivity contribution < 1.29 is 14.5 Å². The summed E-state index contributed by atoms with van der Waals surface area (Å²) in [5.41, 5.74) is 2.92. The van der Waals surface area contributed by atoms with Crippen molar-refractivity contribution >= 4 is 17.3 Å². The van der Waals surface area contributed by atoms with Crippen LogP contribution in [0.2, 0.25) is 0 Å². The van der Waals surface area contributed by atoms with Gasteiger partial charge in [0.1, 0.15) is 5.75 Å². The minimum absolute atomic E-state index is 0.0864. The lowest BCUT2D eigenvalue weighted by Gasteiger charge is -2.30. The first-order chi connectivity index (χ1) is 13.9. The number of hydrogen-bond acceptors (Lipinski definition) is 5. The van der Waals surface area contributed by atoms with E-state index in [0.717, 1.165) is 49.2 Å². The molecule has 0 saturated carbocycles. The average Bonchev–Trinajstić information content (AvgIpc) is 2.73. The van der Waals surface area contributed by atoms with Crippen LogP contribution in [0.4, 0.5) is 11.4 Å². The zero-order valence-corrected chi connectivity index (χ0v) is 17.1. The molecule has 1 amide bonds. The smallest absolute Gasteiger partial charge is 0.270 e. The Hall–Kier alpha value is -3.09. The van der Waals surface area contributed by atoms with E-state index >= 15 is 0 Å². The minimum atomic E-state index is -0.468. The predicted molar refractivity (Wildman–Crippen MR) is 113 cm³/mol. The molecule has 1 fully saturated rings. The molecule has 0 aliphatic carbocycles. The Kier molecular flexibility index (Phi) is 6.36. The average molecular weight is 397 g/mol. The second-order valence-electron chi connectivity index (χ2n) is 7.45. The van der Waals surface area contributed by atoms with Crippen LogP contribution >= 0.6 is 0 Å². The summed E-state index contributed by atoms with van der Waals surface area (Å²) in [7, 11) is 1.59. The Morgan fingerprint density at radius 2 is 1.90 bits per heavy atom. The summed E-state index contributed by atoms with van der Waals surface area (Å²) in [4.78, 5) is 26.1. The lowest BCUT2D eigenvalue weighted by atomic mass is 10.0. The van der Waals surface area contributed by atoms with Gasteiger partial charge in [0.25, 0.3) is 11.6 Å². The number of aryl methyl sites for hydroxylation is 1. The summed E-state index contributed by atoms with van der Waals surface area (Å²) < 4.78 is 5.43. The summed E-state index contributed by atoms with van der Waals surface area (Å²) in [6.07, 6.45) is 3.26. The Labute approximate surface area is 170 Å². The van der Waals surface area contributed by atoms with Crippen molar-refractivity contribution in [1.29, 1.82) is 0 Å². The van der Waals surface area contributed by atoms with Gasteiger partial charge in [0.2, 0.25) is 0 Å². The quantitative estimate of drug-likeness (QED) is 0.577. The first kappa shape index (κ1) is 20.6. The van der Waals surface area contributed by atoms with Crippen molar-refractivity contribution in [2.24, 2.45) is 0 Å². The van der Waals surface area contributed by atoms with Crippen LogP contribution in [0, 0.1) is 17.0 Å². The predicted octanol–water partition coefficient (Wildman–Crippen LogP) is 4.39. The summed E-state index contributed by atoms with van der Waals surface area (Å²) in [6.45, 7) is 5.55. The highest BCUT2D eigenvalue weighted by Crippen LogP contribution is 2.30. The molecule has 0 bridgehead atoms. The number of non-ortho nitro benzene ring substituents is 1. The van der Waals surface area contributed by atoms with Crippen LogP contribution in [-0.2, 0) is 0 Å². The van der Waals surface area contributed by atoms with Gasteiger partial charge in [-0.15, -0.1) is 0 Å². The van der Waals surface area contributed by atoms with E-state index in [1.807, 2.05) is 32.0 Å². The highest BCUT2D eigenvalue weighted by molar-refractivity contribution is 6.00. The molecule has 29 heavy (non-hydrogen) atoms. The fourth-order valence-corrected chi connectivity index (χ4v) is 3.77. The molecule has 1 aliphatic heterocycles. The zero-order valence-electron chi connectivity index (χ0n) is 17.1. The third-order valence-corrected chi connectivity index (χ3v) is 5.33. The third kappa shape index (κ3) is 4.67. The van der Waals surface area contributed by atoms with Crippen molar-refractivity contribution in [2.45, 2.75) is 39.2 Å². The summed E-state index contributed by atoms with van der Waals surface area (Å²) >= 11 is 0. The van der Waals surface area contributed by atoms with Gasteiger partial charge >= 0.3 is 0 Å². The van der Waals surface area contributed by atoms with E-state index < -0.39 is 4.92 Å². The lowest BCUT2D eigenvalue weighted by molar-refractivity contribution is -0.384. The van der Waals surface area contributed by atoms with Crippen LogP contribution in [0.25, 0.3) is 0 Å². The van der Waals surface area contributed by atoms with E-state index in [1.54, 1.807) is 13.2 Å². The molecule has 0 radical (unpaired) electrons. The highest BCUT2D eigenvalue weighted by Gasteiger charge is 2.23. The van der Waals surface area contributed by atoms with E-state index in [0.29, 0.717) is 11.3 Å². The standard InChI is InChI=1S/C22H27N3O4/c1-15-7-10-21(29-3)18(13-15)16(2)23-22(26)19-14-17(25(27)28)8-9-20(19)24-11-5-4-6-12-24/h7-10,13-14,16H,4-6,11-12H2,1-3H3,(H,23,26). The lowest BCUT2D eigenvalue weighted by Crippen LogP contribution is -2.33. The molecule has 1 saturated heterocycles. The second kappa shape index (κ2) is 8.94. The fraction of sp³-hybridized carbons (Fsp3) is 0.409. The molecule has 1 heterocycles. The van der Waals surface area contributed by atoms with Crippen molar-refractivity contribution in [1.82, 2.24) is 5.32 Å². The fourth-order valence-electron chi connectivity index (χ4n) is 3.77. The molecule has 1 unspecified atom stereocenters. The molecule has 1 aliphatic rings. The number of rotatable bonds is 6. The van der Waals surface area contributed by atoms with Gasteiger partial charge in [0.15, 0.2) is 0 Å². The SMILES string of the molecule is COc1ccc(C)cc1C(C)NC(=O)c1cc([N+](=O)[O-])ccc1N1CCCCC1. The van der Waals surface area contributed by atoms with Crippen LogP contribution in [-0.4, -0.2) is 31.0 Å². The molecule has 3 rings (SSSR count). The molecule has 1 atom stereocenters. The molecule has 7 heteroatoms. The van der Waals surface area contributed by atoms with Crippen molar-refractivity contribution in [2.75, 3.05) is 25.1 Å². The molecule has 154 valence electrons. The number of piperidine rings is 1. The van der Waals surface area contributed by atoms with E-state index in [4.69, 9.17) is 4.74 Å². The monoisotopic (exact) mass is 397 g/mol. The van der Waals surface area contributed by atoms with E-state index in [9.17, 15) is 14.9 Å². The van der Waals surface area contributed by atoms with Gasteiger partial charge < -0.3 is 15.0 Å². The topological polar surface area (TPSA) is 84.7 Å². The number of amides is 1. The Morgan fingerprint density at radius 3 is 2.55 bits per heavy atom. The van der Waals surface area contributed by atoms with Gasteiger partial charge in [-0.1, -0.05) is 17.7 Å². The third-order valence-electron chi connectivity index (χ3n) is 5.33. The summed E-state index contributed by atoms with van der Waals surface area (Å²) in [6, 6.07) is 10.0. The molecule has 2 aromatic carbocycles. The molecule has 0 spiro atoms. The van der Waals surface area contributed by atoms with Crippen LogP contribution in [0.15, 0.2) is 36.4 Å². The number of nitrogens with one attached hydrogen (secondary N) is 1. The maximum atomic E-state index is 13.2. The van der Waals surface area contributed by atoms with E-state index in [-0.39, 0.29) is 17.6 Å². The first-order valence-corrected chi connectivity index (χ1v) is 9.89. The Balaban J connectivity index is 1.91. The van der Waals surface area contributed by atoms with Crippen LogP contribution in [0.3, 0.4) is 0 Å². The molecule has 0 aromatic heterocycles. The Bertz CT molecular complexity index is 907.